The van der Waals surface area contributed by atoms with Gasteiger partial charge in [0.1, 0.15) is 0 Å². The number of rotatable bonds is 5. The summed E-state index contributed by atoms with van der Waals surface area (Å²) in [5, 5.41) is 19.3. The third-order valence-electron chi connectivity index (χ3n) is 3.38. The summed E-state index contributed by atoms with van der Waals surface area (Å²) in [4.78, 5) is 2.10. The first-order valence-electron chi connectivity index (χ1n) is 6.46. The van der Waals surface area contributed by atoms with Crippen LogP contribution >= 0.6 is 0 Å². The number of hydrogen-bond acceptors (Lipinski definition) is 4. The van der Waals surface area contributed by atoms with Gasteiger partial charge in [-0.15, -0.1) is 0 Å². The number of ether oxygens (including phenoxy) is 1. The number of nitrogens with zero attached hydrogens (tertiary/aromatic N) is 1. The van der Waals surface area contributed by atoms with Crippen molar-refractivity contribution in [1.29, 1.82) is 0 Å². The van der Waals surface area contributed by atoms with Gasteiger partial charge in [-0.1, -0.05) is 26.8 Å². The lowest BCUT2D eigenvalue weighted by molar-refractivity contribution is 0.0614. The van der Waals surface area contributed by atoms with E-state index in [9.17, 15) is 10.2 Å². The molecule has 1 rings (SSSR count). The highest BCUT2D eigenvalue weighted by molar-refractivity contribution is 5.41. The van der Waals surface area contributed by atoms with Gasteiger partial charge in [0.05, 0.1) is 13.7 Å². The fourth-order valence-corrected chi connectivity index (χ4v) is 2.31. The van der Waals surface area contributed by atoms with Crippen LogP contribution in [0.15, 0.2) is 18.2 Å². The highest BCUT2D eigenvalue weighted by atomic mass is 16.5. The number of methoxy groups -OCH3 is 1. The number of hydrogen-bond donors (Lipinski definition) is 2. The largest absolute Gasteiger partial charge is 0.504 e. The Kier molecular flexibility index (Phi) is 5.20. The summed E-state index contributed by atoms with van der Waals surface area (Å²) in [5.41, 5.74) is 0.987. The molecule has 0 saturated heterocycles. The van der Waals surface area contributed by atoms with Gasteiger partial charge in [0, 0.05) is 12.6 Å². The van der Waals surface area contributed by atoms with Gasteiger partial charge < -0.3 is 14.9 Å². The molecular formula is C15H25NO3. The topological polar surface area (TPSA) is 52.9 Å². The minimum Gasteiger partial charge on any atom is -0.504 e. The van der Waals surface area contributed by atoms with Gasteiger partial charge in [0.2, 0.25) is 0 Å². The second-order valence-corrected chi connectivity index (χ2v) is 5.99. The van der Waals surface area contributed by atoms with Gasteiger partial charge in [-0.3, -0.25) is 4.90 Å². The Bertz CT molecular complexity index is 412. The smallest absolute Gasteiger partial charge is 0.160 e. The lowest BCUT2D eigenvalue weighted by Gasteiger charge is -2.36. The van der Waals surface area contributed by atoms with Crippen molar-refractivity contribution >= 4 is 0 Å². The molecule has 19 heavy (non-hydrogen) atoms. The van der Waals surface area contributed by atoms with Gasteiger partial charge in [-0.25, -0.2) is 0 Å². The van der Waals surface area contributed by atoms with Crippen LogP contribution in [0.3, 0.4) is 0 Å². The predicted octanol–water partition coefficient (Wildman–Crippen LogP) is 2.24. The molecule has 4 nitrogen and oxygen atoms in total. The SMILES string of the molecule is COc1ccc(CN(C)C(CO)C(C)(C)C)cc1O. The van der Waals surface area contributed by atoms with E-state index >= 15 is 0 Å². The number of phenolic OH excluding ortho intramolecular Hbond substituents is 1. The molecule has 1 unspecified atom stereocenters. The lowest BCUT2D eigenvalue weighted by atomic mass is 9.86. The van der Waals surface area contributed by atoms with Crippen molar-refractivity contribution in [2.75, 3.05) is 20.8 Å². The molecule has 4 heteroatoms. The Balaban J connectivity index is 2.81. The quantitative estimate of drug-likeness (QED) is 0.859. The summed E-state index contributed by atoms with van der Waals surface area (Å²) < 4.78 is 5.02. The normalized spacial score (nSPS) is 13.6. The maximum absolute atomic E-state index is 9.77. The molecule has 1 atom stereocenters. The first-order chi connectivity index (χ1) is 8.79. The van der Waals surface area contributed by atoms with E-state index in [-0.39, 0.29) is 23.8 Å². The Morgan fingerprint density at radius 3 is 2.37 bits per heavy atom. The molecule has 0 aliphatic carbocycles. The number of aromatic hydroxyl groups is 1. The van der Waals surface area contributed by atoms with Crippen molar-refractivity contribution in [1.82, 2.24) is 4.90 Å². The predicted molar refractivity (Wildman–Crippen MR) is 76.5 cm³/mol. The Hall–Kier alpha value is -1.26. The van der Waals surface area contributed by atoms with Crippen LogP contribution in [0.1, 0.15) is 26.3 Å². The zero-order valence-electron chi connectivity index (χ0n) is 12.5. The van der Waals surface area contributed by atoms with E-state index in [1.807, 2.05) is 13.1 Å². The highest BCUT2D eigenvalue weighted by Crippen LogP contribution is 2.28. The van der Waals surface area contributed by atoms with E-state index in [0.29, 0.717) is 12.3 Å². The minimum absolute atomic E-state index is 0.00197. The van der Waals surface area contributed by atoms with Crippen molar-refractivity contribution in [2.45, 2.75) is 33.4 Å². The van der Waals surface area contributed by atoms with E-state index in [1.54, 1.807) is 12.1 Å². The molecule has 0 fully saturated rings. The molecule has 0 spiro atoms. The summed E-state index contributed by atoms with van der Waals surface area (Å²) in [6, 6.07) is 5.44. The molecule has 0 saturated carbocycles. The summed E-state index contributed by atoms with van der Waals surface area (Å²) in [6.07, 6.45) is 0. The Labute approximate surface area is 115 Å². The monoisotopic (exact) mass is 267 g/mol. The molecular weight excluding hydrogens is 242 g/mol. The van der Waals surface area contributed by atoms with E-state index in [2.05, 4.69) is 25.7 Å². The highest BCUT2D eigenvalue weighted by Gasteiger charge is 2.27. The number of benzene rings is 1. The fourth-order valence-electron chi connectivity index (χ4n) is 2.31. The standard InChI is InChI=1S/C15H25NO3/c1-15(2,3)14(10-17)16(4)9-11-6-7-13(19-5)12(18)8-11/h6-8,14,17-18H,9-10H2,1-5H3. The molecule has 1 aromatic rings. The van der Waals surface area contributed by atoms with Crippen molar-refractivity contribution in [3.05, 3.63) is 23.8 Å². The maximum atomic E-state index is 9.77. The zero-order valence-corrected chi connectivity index (χ0v) is 12.5. The molecule has 0 aromatic heterocycles. The number of likely N-dealkylation sites (N-methyl/N-ethyl adjacent to an activating group) is 1. The van der Waals surface area contributed by atoms with Crippen LogP contribution in [-0.4, -0.2) is 41.9 Å². The minimum atomic E-state index is -0.00197. The van der Waals surface area contributed by atoms with Crippen LogP contribution in [0.25, 0.3) is 0 Å². The molecule has 0 bridgehead atoms. The molecule has 0 heterocycles. The fraction of sp³-hybridized carbons (Fsp3) is 0.600. The average Bonchev–Trinajstić information content (AvgIpc) is 2.28. The van der Waals surface area contributed by atoms with Crippen LogP contribution in [0.2, 0.25) is 0 Å². The van der Waals surface area contributed by atoms with Crippen molar-refractivity contribution in [3.63, 3.8) is 0 Å². The maximum Gasteiger partial charge on any atom is 0.160 e. The molecule has 0 aliphatic heterocycles. The van der Waals surface area contributed by atoms with Crippen LogP contribution < -0.4 is 4.74 Å². The Morgan fingerprint density at radius 1 is 1.32 bits per heavy atom. The van der Waals surface area contributed by atoms with Gasteiger partial charge in [-0.2, -0.15) is 0 Å². The van der Waals surface area contributed by atoms with Crippen molar-refractivity contribution < 1.29 is 14.9 Å². The van der Waals surface area contributed by atoms with Gasteiger partial charge in [-0.05, 0) is 30.2 Å². The van der Waals surface area contributed by atoms with Crippen LogP contribution in [0, 0.1) is 5.41 Å². The molecule has 0 amide bonds. The second kappa shape index (κ2) is 6.26. The third kappa shape index (κ3) is 4.11. The van der Waals surface area contributed by atoms with E-state index in [0.717, 1.165) is 5.56 Å². The lowest BCUT2D eigenvalue weighted by Crippen LogP contribution is -2.43. The average molecular weight is 267 g/mol. The molecule has 0 aliphatic rings. The summed E-state index contributed by atoms with van der Waals surface area (Å²) in [7, 11) is 3.51. The number of aliphatic hydroxyl groups excluding tert-OH is 1. The second-order valence-electron chi connectivity index (χ2n) is 5.99. The van der Waals surface area contributed by atoms with Crippen molar-refractivity contribution in [2.24, 2.45) is 5.41 Å². The third-order valence-corrected chi connectivity index (χ3v) is 3.38. The Morgan fingerprint density at radius 2 is 1.95 bits per heavy atom. The molecule has 0 radical (unpaired) electrons. The van der Waals surface area contributed by atoms with Crippen molar-refractivity contribution in [3.8, 4) is 11.5 Å². The van der Waals surface area contributed by atoms with Crippen LogP contribution in [0.4, 0.5) is 0 Å². The van der Waals surface area contributed by atoms with Crippen LogP contribution in [0.5, 0.6) is 11.5 Å². The van der Waals surface area contributed by atoms with Crippen LogP contribution in [-0.2, 0) is 6.54 Å². The van der Waals surface area contributed by atoms with Gasteiger partial charge in [0.25, 0.3) is 0 Å². The molecule has 108 valence electrons. The molecule has 1 aromatic carbocycles. The van der Waals surface area contributed by atoms with E-state index in [1.165, 1.54) is 7.11 Å². The van der Waals surface area contributed by atoms with Gasteiger partial charge in [0.15, 0.2) is 11.5 Å². The summed E-state index contributed by atoms with van der Waals surface area (Å²) >= 11 is 0. The zero-order chi connectivity index (χ0) is 14.6. The summed E-state index contributed by atoms with van der Waals surface area (Å²) in [6.45, 7) is 7.10. The van der Waals surface area contributed by atoms with Gasteiger partial charge >= 0.3 is 0 Å². The number of phenols is 1. The summed E-state index contributed by atoms with van der Waals surface area (Å²) in [5.74, 6) is 0.616. The first kappa shape index (κ1) is 15.8. The molecule has 2 N–H and O–H groups in total. The number of aliphatic hydroxyl groups is 1. The van der Waals surface area contributed by atoms with E-state index < -0.39 is 0 Å². The van der Waals surface area contributed by atoms with E-state index in [4.69, 9.17) is 4.74 Å². The first-order valence-corrected chi connectivity index (χ1v) is 6.46.